The van der Waals surface area contributed by atoms with Gasteiger partial charge in [0.15, 0.2) is 0 Å². The van der Waals surface area contributed by atoms with Crippen LogP contribution in [0.4, 0.5) is 5.69 Å². The molecule has 0 bridgehead atoms. The monoisotopic (exact) mass is 353 g/mol. The van der Waals surface area contributed by atoms with E-state index in [1.54, 1.807) is 12.1 Å². The maximum absolute atomic E-state index is 10.8. The Bertz CT molecular complexity index is 695. The van der Waals surface area contributed by atoms with Crippen LogP contribution in [0.25, 0.3) is 0 Å². The van der Waals surface area contributed by atoms with Gasteiger partial charge in [0, 0.05) is 24.7 Å². The number of nitro benzene ring substituents is 1. The number of benzene rings is 2. The number of rotatable bonds is 10. The van der Waals surface area contributed by atoms with Gasteiger partial charge in [-0.15, -0.1) is 0 Å². The first-order valence-electron chi connectivity index (χ1n) is 9.21. The SMILES string of the molecule is CCCC/C=C/[C@@H](c1ccccc1)[C@@H](CO)Cc1ccc([N+](=O)[O-])cc1. The van der Waals surface area contributed by atoms with Crippen LogP contribution in [0, 0.1) is 16.0 Å². The first-order valence-corrected chi connectivity index (χ1v) is 9.21. The van der Waals surface area contributed by atoms with Crippen LogP contribution in [-0.4, -0.2) is 16.6 Å². The lowest BCUT2D eigenvalue weighted by Crippen LogP contribution is -2.18. The van der Waals surface area contributed by atoms with Crippen LogP contribution in [0.1, 0.15) is 43.2 Å². The van der Waals surface area contributed by atoms with E-state index < -0.39 is 4.92 Å². The number of unbranched alkanes of at least 4 members (excludes halogenated alkanes) is 2. The first-order chi connectivity index (χ1) is 12.7. The minimum Gasteiger partial charge on any atom is -0.396 e. The molecule has 26 heavy (non-hydrogen) atoms. The van der Waals surface area contributed by atoms with Gasteiger partial charge in [0.1, 0.15) is 0 Å². The summed E-state index contributed by atoms with van der Waals surface area (Å²) in [7, 11) is 0. The zero-order valence-electron chi connectivity index (χ0n) is 15.3. The summed E-state index contributed by atoms with van der Waals surface area (Å²) in [5.41, 5.74) is 2.27. The van der Waals surface area contributed by atoms with Crippen molar-refractivity contribution in [2.45, 2.75) is 38.5 Å². The lowest BCUT2D eigenvalue weighted by molar-refractivity contribution is -0.384. The first kappa shape index (κ1) is 19.9. The van der Waals surface area contributed by atoms with Gasteiger partial charge in [0.2, 0.25) is 0 Å². The highest BCUT2D eigenvalue weighted by atomic mass is 16.6. The van der Waals surface area contributed by atoms with Crippen LogP contribution in [0.3, 0.4) is 0 Å². The maximum Gasteiger partial charge on any atom is 0.269 e. The summed E-state index contributed by atoms with van der Waals surface area (Å²) < 4.78 is 0. The van der Waals surface area contributed by atoms with Gasteiger partial charge in [-0.3, -0.25) is 10.1 Å². The van der Waals surface area contributed by atoms with Crippen LogP contribution in [0.2, 0.25) is 0 Å². The van der Waals surface area contributed by atoms with Crippen molar-refractivity contribution in [3.63, 3.8) is 0 Å². The third-order valence-corrected chi connectivity index (χ3v) is 4.64. The van der Waals surface area contributed by atoms with Crippen molar-refractivity contribution in [3.8, 4) is 0 Å². The van der Waals surface area contributed by atoms with Gasteiger partial charge in [-0.25, -0.2) is 0 Å². The van der Waals surface area contributed by atoms with Gasteiger partial charge < -0.3 is 5.11 Å². The van der Waals surface area contributed by atoms with Crippen molar-refractivity contribution in [1.29, 1.82) is 0 Å². The molecule has 2 aromatic rings. The van der Waals surface area contributed by atoms with Crippen molar-refractivity contribution < 1.29 is 10.0 Å². The topological polar surface area (TPSA) is 63.4 Å². The van der Waals surface area contributed by atoms with Gasteiger partial charge in [-0.1, -0.05) is 74.4 Å². The number of allylic oxidation sites excluding steroid dienone is 2. The summed E-state index contributed by atoms with van der Waals surface area (Å²) in [6.07, 6.45) is 8.44. The Morgan fingerprint density at radius 3 is 2.38 bits per heavy atom. The number of hydrogen-bond acceptors (Lipinski definition) is 3. The fraction of sp³-hybridized carbons (Fsp3) is 0.364. The van der Waals surface area contributed by atoms with Crippen LogP contribution >= 0.6 is 0 Å². The molecule has 0 amide bonds. The lowest BCUT2D eigenvalue weighted by Gasteiger charge is -2.24. The Morgan fingerprint density at radius 1 is 1.12 bits per heavy atom. The molecule has 0 aliphatic carbocycles. The molecule has 0 spiro atoms. The predicted molar refractivity (Wildman–Crippen MR) is 105 cm³/mol. The number of non-ortho nitro benzene ring substituents is 1. The molecule has 0 aliphatic heterocycles. The van der Waals surface area contributed by atoms with Crippen molar-refractivity contribution in [2.24, 2.45) is 5.92 Å². The van der Waals surface area contributed by atoms with Crippen molar-refractivity contribution in [3.05, 3.63) is 88.0 Å². The summed E-state index contributed by atoms with van der Waals surface area (Å²) in [4.78, 5) is 10.4. The molecule has 0 saturated heterocycles. The van der Waals surface area contributed by atoms with E-state index in [9.17, 15) is 15.2 Å². The average molecular weight is 353 g/mol. The maximum atomic E-state index is 10.8. The molecular weight excluding hydrogens is 326 g/mol. The summed E-state index contributed by atoms with van der Waals surface area (Å²) in [6.45, 7) is 2.24. The third-order valence-electron chi connectivity index (χ3n) is 4.64. The summed E-state index contributed by atoms with van der Waals surface area (Å²) in [5, 5.41) is 20.8. The quantitative estimate of drug-likeness (QED) is 0.274. The second kappa shape index (κ2) is 10.5. The molecule has 0 saturated carbocycles. The highest BCUT2D eigenvalue weighted by molar-refractivity contribution is 5.34. The Balaban J connectivity index is 2.19. The number of hydrogen-bond donors (Lipinski definition) is 1. The molecule has 2 aromatic carbocycles. The van der Waals surface area contributed by atoms with Crippen molar-refractivity contribution in [1.82, 2.24) is 0 Å². The normalized spacial score (nSPS) is 13.6. The lowest BCUT2D eigenvalue weighted by atomic mass is 9.82. The van der Waals surface area contributed by atoms with E-state index in [1.165, 1.54) is 17.7 Å². The smallest absolute Gasteiger partial charge is 0.269 e. The molecule has 0 unspecified atom stereocenters. The van der Waals surface area contributed by atoms with E-state index in [1.807, 2.05) is 18.2 Å². The molecule has 0 aromatic heterocycles. The number of aliphatic hydroxyl groups excluding tert-OH is 1. The summed E-state index contributed by atoms with van der Waals surface area (Å²) >= 11 is 0. The van der Waals surface area contributed by atoms with E-state index in [2.05, 4.69) is 31.2 Å². The van der Waals surface area contributed by atoms with Crippen LogP contribution < -0.4 is 0 Å². The van der Waals surface area contributed by atoms with E-state index in [-0.39, 0.29) is 24.1 Å². The molecule has 4 nitrogen and oxygen atoms in total. The van der Waals surface area contributed by atoms with Crippen molar-refractivity contribution >= 4 is 5.69 Å². The van der Waals surface area contributed by atoms with Gasteiger partial charge in [0.25, 0.3) is 5.69 Å². The number of nitro groups is 1. The molecular formula is C22H27NO3. The Hall–Kier alpha value is -2.46. The van der Waals surface area contributed by atoms with Gasteiger partial charge in [0.05, 0.1) is 4.92 Å². The van der Waals surface area contributed by atoms with Crippen LogP contribution in [0.5, 0.6) is 0 Å². The van der Waals surface area contributed by atoms with Gasteiger partial charge in [-0.05, 0) is 29.9 Å². The van der Waals surface area contributed by atoms with Crippen molar-refractivity contribution in [2.75, 3.05) is 6.61 Å². The molecule has 138 valence electrons. The minimum absolute atomic E-state index is 0.0248. The summed E-state index contributed by atoms with van der Waals surface area (Å²) in [6, 6.07) is 16.8. The molecule has 0 aliphatic rings. The standard InChI is InChI=1S/C22H27NO3/c1-2-3-4-8-11-22(19-9-6-5-7-10-19)20(17-24)16-18-12-14-21(15-13-18)23(25)26/h5-15,20,22,24H,2-4,16-17H2,1H3/b11-8+/t20-,22+/m1/s1. The molecule has 0 fully saturated rings. The number of nitrogens with zero attached hydrogens (tertiary/aromatic N) is 1. The van der Waals surface area contributed by atoms with E-state index in [0.29, 0.717) is 6.42 Å². The Kier molecular flexibility index (Phi) is 8.03. The fourth-order valence-electron chi connectivity index (χ4n) is 3.14. The predicted octanol–water partition coefficient (Wildman–Crippen LogP) is 5.28. The van der Waals surface area contributed by atoms with Gasteiger partial charge in [-0.2, -0.15) is 0 Å². The zero-order chi connectivity index (χ0) is 18.8. The van der Waals surface area contributed by atoms with E-state index >= 15 is 0 Å². The van der Waals surface area contributed by atoms with E-state index in [0.717, 1.165) is 24.8 Å². The van der Waals surface area contributed by atoms with E-state index in [4.69, 9.17) is 0 Å². The Morgan fingerprint density at radius 2 is 1.81 bits per heavy atom. The molecule has 1 N–H and O–H groups in total. The Labute approximate surface area is 155 Å². The molecule has 2 rings (SSSR count). The average Bonchev–Trinajstić information content (AvgIpc) is 2.67. The highest BCUT2D eigenvalue weighted by Crippen LogP contribution is 2.29. The zero-order valence-corrected chi connectivity index (χ0v) is 15.3. The van der Waals surface area contributed by atoms with Crippen LogP contribution in [0.15, 0.2) is 66.7 Å². The second-order valence-corrected chi connectivity index (χ2v) is 6.58. The second-order valence-electron chi connectivity index (χ2n) is 6.58. The molecule has 4 heteroatoms. The third kappa shape index (κ3) is 5.81. The fourth-order valence-corrected chi connectivity index (χ4v) is 3.14. The van der Waals surface area contributed by atoms with Gasteiger partial charge >= 0.3 is 0 Å². The molecule has 0 radical (unpaired) electrons. The molecule has 2 atom stereocenters. The number of aliphatic hydroxyl groups is 1. The van der Waals surface area contributed by atoms with Crippen LogP contribution in [-0.2, 0) is 6.42 Å². The summed E-state index contributed by atoms with van der Waals surface area (Å²) in [5.74, 6) is 0.144. The molecule has 0 heterocycles. The largest absolute Gasteiger partial charge is 0.396 e. The highest BCUT2D eigenvalue weighted by Gasteiger charge is 2.21. The minimum atomic E-state index is -0.392.